The third-order valence-electron chi connectivity index (χ3n) is 3.43. The van der Waals surface area contributed by atoms with Gasteiger partial charge in [-0.05, 0) is 25.8 Å². The molecule has 1 aliphatic heterocycles. The Hall–Kier alpha value is -1.24. The minimum atomic E-state index is -4.14. The highest BCUT2D eigenvalue weighted by molar-refractivity contribution is 5.28. The van der Waals surface area contributed by atoms with Crippen molar-refractivity contribution in [1.82, 2.24) is 10.3 Å². The van der Waals surface area contributed by atoms with Crippen molar-refractivity contribution in [2.24, 2.45) is 5.92 Å². The summed E-state index contributed by atoms with van der Waals surface area (Å²) in [6.07, 6.45) is -0.919. The topological polar surface area (TPSA) is 41.3 Å². The first-order valence-electron chi connectivity index (χ1n) is 6.97. The van der Waals surface area contributed by atoms with Crippen LogP contribution < -0.4 is 10.2 Å². The van der Waals surface area contributed by atoms with Crippen LogP contribution in [-0.2, 0) is 6.54 Å². The molecular weight excluding hydrogens is 271 g/mol. The molecule has 0 aromatic carbocycles. The van der Waals surface area contributed by atoms with Crippen molar-refractivity contribution in [3.63, 3.8) is 0 Å². The Morgan fingerprint density at radius 1 is 1.50 bits per heavy atom. The molecule has 1 N–H and O–H groups in total. The summed E-state index contributed by atoms with van der Waals surface area (Å²) in [4.78, 5) is 5.84. The number of hydrogen-bond donors (Lipinski definition) is 1. The lowest BCUT2D eigenvalue weighted by Crippen LogP contribution is -2.41. The molecule has 0 bridgehead atoms. The van der Waals surface area contributed by atoms with E-state index in [4.69, 9.17) is 4.42 Å². The smallest absolute Gasteiger partial charge is 0.393 e. The van der Waals surface area contributed by atoms with Crippen LogP contribution in [0.15, 0.2) is 10.7 Å². The molecule has 0 aliphatic carbocycles. The second-order valence-electron chi connectivity index (χ2n) is 5.12. The lowest BCUT2D eigenvalue weighted by atomic mass is 9.98. The molecule has 0 amide bonds. The van der Waals surface area contributed by atoms with Gasteiger partial charge in [0.15, 0.2) is 0 Å². The first-order valence-corrected chi connectivity index (χ1v) is 6.97. The van der Waals surface area contributed by atoms with E-state index in [1.807, 2.05) is 0 Å². The minimum Gasteiger partial charge on any atom is -0.432 e. The van der Waals surface area contributed by atoms with Crippen LogP contribution in [0.1, 0.15) is 31.9 Å². The number of nitrogens with zero attached hydrogens (tertiary/aromatic N) is 2. The maximum atomic E-state index is 12.8. The highest BCUT2D eigenvalue weighted by Crippen LogP contribution is 2.34. The number of hydrogen-bond acceptors (Lipinski definition) is 4. The third kappa shape index (κ3) is 3.88. The zero-order chi connectivity index (χ0) is 14.6. The van der Waals surface area contributed by atoms with E-state index >= 15 is 0 Å². The average Bonchev–Trinajstić information content (AvgIpc) is 2.87. The summed E-state index contributed by atoms with van der Waals surface area (Å²) in [6.45, 7) is 4.02. The maximum Gasteiger partial charge on any atom is 0.393 e. The number of piperidine rings is 1. The largest absolute Gasteiger partial charge is 0.432 e. The Morgan fingerprint density at radius 2 is 2.30 bits per heavy atom. The summed E-state index contributed by atoms with van der Waals surface area (Å²) in [7, 11) is 0. The molecule has 0 saturated carbocycles. The molecule has 1 atom stereocenters. The predicted octanol–water partition coefficient (Wildman–Crippen LogP) is 2.95. The van der Waals surface area contributed by atoms with Crippen LogP contribution >= 0.6 is 0 Å². The Bertz CT molecular complexity index is 419. The van der Waals surface area contributed by atoms with Crippen molar-refractivity contribution in [3.8, 4) is 0 Å². The average molecular weight is 291 g/mol. The van der Waals surface area contributed by atoms with Crippen LogP contribution in [0.2, 0.25) is 0 Å². The first kappa shape index (κ1) is 15.2. The fourth-order valence-electron chi connectivity index (χ4n) is 2.33. The van der Waals surface area contributed by atoms with Gasteiger partial charge in [0.1, 0.15) is 6.26 Å². The van der Waals surface area contributed by atoms with Gasteiger partial charge < -0.3 is 14.6 Å². The second kappa shape index (κ2) is 6.47. The van der Waals surface area contributed by atoms with Crippen molar-refractivity contribution >= 4 is 6.01 Å². The number of oxazole rings is 1. The standard InChI is InChI=1S/C13H20F3N3O/c1-2-5-17-7-11-9-20-12(18-11)19-6-3-4-10(8-19)13(14,15)16/h9-10,17H,2-8H2,1H3. The van der Waals surface area contributed by atoms with E-state index in [2.05, 4.69) is 17.2 Å². The molecule has 7 heteroatoms. The number of aromatic nitrogens is 1. The SMILES string of the molecule is CCCNCc1coc(N2CCCC(C(F)(F)F)C2)n1. The van der Waals surface area contributed by atoms with Gasteiger partial charge >= 0.3 is 6.18 Å². The molecule has 114 valence electrons. The highest BCUT2D eigenvalue weighted by Gasteiger charge is 2.42. The summed E-state index contributed by atoms with van der Waals surface area (Å²) in [5.74, 6) is -1.29. The van der Waals surface area contributed by atoms with E-state index in [1.54, 1.807) is 4.90 Å². The van der Waals surface area contributed by atoms with Crippen molar-refractivity contribution in [1.29, 1.82) is 0 Å². The van der Waals surface area contributed by atoms with Gasteiger partial charge in [0, 0.05) is 19.6 Å². The van der Waals surface area contributed by atoms with Gasteiger partial charge in [-0.1, -0.05) is 6.92 Å². The van der Waals surface area contributed by atoms with E-state index in [0.717, 1.165) is 18.7 Å². The van der Waals surface area contributed by atoms with Crippen LogP contribution in [0.3, 0.4) is 0 Å². The molecule has 1 saturated heterocycles. The lowest BCUT2D eigenvalue weighted by molar-refractivity contribution is -0.176. The van der Waals surface area contributed by atoms with Gasteiger partial charge in [-0.2, -0.15) is 18.2 Å². The molecule has 0 spiro atoms. The zero-order valence-electron chi connectivity index (χ0n) is 11.5. The molecule has 20 heavy (non-hydrogen) atoms. The van der Waals surface area contributed by atoms with E-state index < -0.39 is 12.1 Å². The van der Waals surface area contributed by atoms with E-state index in [-0.39, 0.29) is 13.0 Å². The molecule has 2 rings (SSSR count). The van der Waals surface area contributed by atoms with Crippen molar-refractivity contribution in [3.05, 3.63) is 12.0 Å². The first-order chi connectivity index (χ1) is 9.50. The Balaban J connectivity index is 1.94. The number of rotatable bonds is 5. The van der Waals surface area contributed by atoms with Gasteiger partial charge in [0.25, 0.3) is 6.01 Å². The monoisotopic (exact) mass is 291 g/mol. The molecular formula is C13H20F3N3O. The molecule has 1 aromatic rings. The Kier molecular flexibility index (Phi) is 4.91. The molecule has 1 fully saturated rings. The van der Waals surface area contributed by atoms with Crippen molar-refractivity contribution in [2.45, 2.75) is 38.9 Å². The molecule has 1 aliphatic rings. The van der Waals surface area contributed by atoms with Gasteiger partial charge in [-0.3, -0.25) is 0 Å². The Labute approximate surface area is 116 Å². The van der Waals surface area contributed by atoms with Gasteiger partial charge in [0.05, 0.1) is 11.6 Å². The summed E-state index contributed by atoms with van der Waals surface area (Å²) in [6, 6.07) is 0.298. The van der Waals surface area contributed by atoms with E-state index in [1.165, 1.54) is 6.26 Å². The van der Waals surface area contributed by atoms with Gasteiger partial charge in [-0.15, -0.1) is 0 Å². The number of anilines is 1. The second-order valence-corrected chi connectivity index (χ2v) is 5.12. The molecule has 2 heterocycles. The van der Waals surface area contributed by atoms with Crippen LogP contribution in [0, 0.1) is 5.92 Å². The van der Waals surface area contributed by atoms with Crippen LogP contribution in [0.4, 0.5) is 19.2 Å². The van der Waals surface area contributed by atoms with Gasteiger partial charge in [0.2, 0.25) is 0 Å². The highest BCUT2D eigenvalue weighted by atomic mass is 19.4. The maximum absolute atomic E-state index is 12.8. The van der Waals surface area contributed by atoms with Crippen molar-refractivity contribution in [2.75, 3.05) is 24.5 Å². The number of alkyl halides is 3. The summed E-state index contributed by atoms with van der Waals surface area (Å²) < 4.78 is 43.6. The fraction of sp³-hybridized carbons (Fsp3) is 0.769. The van der Waals surface area contributed by atoms with Crippen molar-refractivity contribution < 1.29 is 17.6 Å². The zero-order valence-corrected chi connectivity index (χ0v) is 11.5. The predicted molar refractivity (Wildman–Crippen MR) is 69.5 cm³/mol. The molecule has 1 unspecified atom stereocenters. The normalized spacial score (nSPS) is 20.4. The quantitative estimate of drug-likeness (QED) is 0.847. The number of halogens is 3. The molecule has 0 radical (unpaired) electrons. The molecule has 1 aromatic heterocycles. The summed E-state index contributed by atoms with van der Waals surface area (Å²) in [5.41, 5.74) is 0.725. The summed E-state index contributed by atoms with van der Waals surface area (Å²) in [5, 5.41) is 3.18. The summed E-state index contributed by atoms with van der Waals surface area (Å²) >= 11 is 0. The third-order valence-corrected chi connectivity index (χ3v) is 3.43. The van der Waals surface area contributed by atoms with E-state index in [0.29, 0.717) is 25.5 Å². The van der Waals surface area contributed by atoms with Crippen LogP contribution in [-0.4, -0.2) is 30.8 Å². The Morgan fingerprint density at radius 3 is 3.00 bits per heavy atom. The minimum absolute atomic E-state index is 0.0636. The van der Waals surface area contributed by atoms with E-state index in [9.17, 15) is 13.2 Å². The number of nitrogens with one attached hydrogen (secondary N) is 1. The lowest BCUT2D eigenvalue weighted by Gasteiger charge is -2.32. The fourth-order valence-corrected chi connectivity index (χ4v) is 2.33. The van der Waals surface area contributed by atoms with Crippen LogP contribution in [0.25, 0.3) is 0 Å². The van der Waals surface area contributed by atoms with Crippen LogP contribution in [0.5, 0.6) is 0 Å². The van der Waals surface area contributed by atoms with Gasteiger partial charge in [-0.25, -0.2) is 0 Å². The molecule has 4 nitrogen and oxygen atoms in total.